The molecule has 1 N–H and O–H groups in total. The largest absolute Gasteiger partial charge is 0.611 e. The van der Waals surface area contributed by atoms with Crippen molar-refractivity contribution in [3.05, 3.63) is 57.1 Å². The number of allylic oxidation sites excluding steroid dienone is 2. The summed E-state index contributed by atoms with van der Waals surface area (Å²) >= 11 is 2.63. The van der Waals surface area contributed by atoms with Crippen LogP contribution in [-0.4, -0.2) is 15.1 Å². The highest BCUT2D eigenvalue weighted by Crippen LogP contribution is 2.50. The molecule has 3 aliphatic rings. The van der Waals surface area contributed by atoms with Gasteiger partial charge in [0.2, 0.25) is 0 Å². The standard InChI is InChI=1S/C17H19BrN2OS/c1-11-2-4-12(5-3-11)16-10-14-15(22(16)21)7-6-13-8-9-20(18)19-17(13)14/h2-5,16,19H,6-10H2,1H3. The fraction of sp³-hybridized carbons (Fsp3) is 0.412. The smallest absolute Gasteiger partial charge is 0.150 e. The molecule has 0 saturated heterocycles. The maximum absolute atomic E-state index is 13.0. The third-order valence-corrected chi connectivity index (χ3v) is 7.25. The summed E-state index contributed by atoms with van der Waals surface area (Å²) < 4.78 is 14.9. The van der Waals surface area contributed by atoms with Crippen molar-refractivity contribution < 1.29 is 4.55 Å². The molecule has 0 amide bonds. The lowest BCUT2D eigenvalue weighted by Gasteiger charge is -2.31. The Labute approximate surface area is 143 Å². The van der Waals surface area contributed by atoms with E-state index in [-0.39, 0.29) is 5.25 Å². The van der Waals surface area contributed by atoms with Gasteiger partial charge in [-0.3, -0.25) is 0 Å². The number of hydrogen-bond acceptors (Lipinski definition) is 3. The Morgan fingerprint density at radius 1 is 1.23 bits per heavy atom. The van der Waals surface area contributed by atoms with Crippen molar-refractivity contribution >= 4 is 27.3 Å². The number of fused-ring (bicyclic) bond motifs is 1. The molecule has 0 saturated carbocycles. The minimum Gasteiger partial charge on any atom is -0.611 e. The van der Waals surface area contributed by atoms with Gasteiger partial charge in [0.1, 0.15) is 10.2 Å². The predicted octanol–water partition coefficient (Wildman–Crippen LogP) is 4.01. The van der Waals surface area contributed by atoms with Crippen molar-refractivity contribution in [1.29, 1.82) is 0 Å². The van der Waals surface area contributed by atoms with Crippen molar-refractivity contribution in [3.63, 3.8) is 0 Å². The van der Waals surface area contributed by atoms with Crippen LogP contribution in [-0.2, 0) is 11.2 Å². The molecule has 0 spiro atoms. The first-order valence-electron chi connectivity index (χ1n) is 7.75. The zero-order chi connectivity index (χ0) is 15.3. The fourth-order valence-electron chi connectivity index (χ4n) is 3.59. The molecule has 22 heavy (non-hydrogen) atoms. The third kappa shape index (κ3) is 2.44. The van der Waals surface area contributed by atoms with Crippen molar-refractivity contribution in [1.82, 2.24) is 9.46 Å². The van der Waals surface area contributed by atoms with Gasteiger partial charge >= 0.3 is 0 Å². The van der Waals surface area contributed by atoms with Gasteiger partial charge in [0.25, 0.3) is 0 Å². The number of hydrazine groups is 1. The van der Waals surface area contributed by atoms with E-state index >= 15 is 0 Å². The quantitative estimate of drug-likeness (QED) is 0.592. The lowest BCUT2D eigenvalue weighted by Crippen LogP contribution is -2.36. The molecule has 4 rings (SSSR count). The van der Waals surface area contributed by atoms with E-state index in [9.17, 15) is 4.55 Å². The van der Waals surface area contributed by atoms with Crippen LogP contribution >= 0.6 is 16.1 Å². The molecule has 2 unspecified atom stereocenters. The maximum Gasteiger partial charge on any atom is 0.150 e. The Morgan fingerprint density at radius 2 is 2.00 bits per heavy atom. The summed E-state index contributed by atoms with van der Waals surface area (Å²) in [5.74, 6) is 0. The van der Waals surface area contributed by atoms with Crippen molar-refractivity contribution in [2.24, 2.45) is 0 Å². The molecule has 0 bridgehead atoms. The zero-order valence-electron chi connectivity index (χ0n) is 12.6. The number of rotatable bonds is 1. The molecule has 1 aromatic rings. The van der Waals surface area contributed by atoms with Gasteiger partial charge in [-0.25, -0.2) is 0 Å². The minimum absolute atomic E-state index is 0.116. The van der Waals surface area contributed by atoms with E-state index in [4.69, 9.17) is 0 Å². The first kappa shape index (κ1) is 14.8. The molecule has 0 radical (unpaired) electrons. The summed E-state index contributed by atoms with van der Waals surface area (Å²) in [6, 6.07) is 8.51. The second-order valence-corrected chi connectivity index (χ2v) is 8.74. The second-order valence-electron chi connectivity index (χ2n) is 6.23. The first-order chi connectivity index (χ1) is 10.6. The average Bonchev–Trinajstić information content (AvgIpc) is 2.86. The van der Waals surface area contributed by atoms with Gasteiger partial charge in [-0.05, 0) is 36.5 Å². The lowest BCUT2D eigenvalue weighted by molar-refractivity contribution is 0.379. The molecule has 0 aromatic heterocycles. The van der Waals surface area contributed by atoms with Crippen LogP contribution in [0, 0.1) is 6.92 Å². The van der Waals surface area contributed by atoms with Crippen LogP contribution < -0.4 is 5.43 Å². The Balaban J connectivity index is 1.66. The summed E-state index contributed by atoms with van der Waals surface area (Å²) in [5.41, 5.74) is 9.90. The predicted molar refractivity (Wildman–Crippen MR) is 93.4 cm³/mol. The molecule has 3 nitrogen and oxygen atoms in total. The molecular formula is C17H19BrN2OS. The molecule has 2 atom stereocenters. The van der Waals surface area contributed by atoms with Crippen LogP contribution in [0.3, 0.4) is 0 Å². The van der Waals surface area contributed by atoms with Crippen LogP contribution in [0.2, 0.25) is 0 Å². The normalized spacial score (nSPS) is 28.5. The van der Waals surface area contributed by atoms with Gasteiger partial charge in [0.15, 0.2) is 0 Å². The molecule has 5 heteroatoms. The summed E-state index contributed by atoms with van der Waals surface area (Å²) in [6.07, 6.45) is 3.99. The SMILES string of the molecule is Cc1ccc(C2CC3=C(CCC4=C3NN(Br)CC4)[S+]2[O-])cc1. The monoisotopic (exact) mass is 378 g/mol. The second kappa shape index (κ2) is 5.71. The summed E-state index contributed by atoms with van der Waals surface area (Å²) in [6.45, 7) is 3.07. The van der Waals surface area contributed by atoms with Crippen LogP contribution in [0.15, 0.2) is 46.0 Å². The van der Waals surface area contributed by atoms with E-state index in [1.54, 1.807) is 0 Å². The maximum atomic E-state index is 13.0. The van der Waals surface area contributed by atoms with E-state index < -0.39 is 11.2 Å². The minimum atomic E-state index is -0.889. The van der Waals surface area contributed by atoms with Gasteiger partial charge in [-0.15, -0.1) is 0 Å². The van der Waals surface area contributed by atoms with Crippen molar-refractivity contribution in [2.75, 3.05) is 6.54 Å². The number of aryl methyl sites for hydroxylation is 1. The van der Waals surface area contributed by atoms with Gasteiger partial charge in [-0.2, -0.15) is 4.03 Å². The summed E-state index contributed by atoms with van der Waals surface area (Å²) in [5, 5.41) is 0.116. The van der Waals surface area contributed by atoms with Crippen LogP contribution in [0.25, 0.3) is 0 Å². The molecule has 1 aromatic carbocycles. The van der Waals surface area contributed by atoms with E-state index in [1.807, 2.05) is 4.03 Å². The Morgan fingerprint density at radius 3 is 2.77 bits per heavy atom. The average molecular weight is 379 g/mol. The Hall–Kier alpha value is -0.750. The van der Waals surface area contributed by atoms with E-state index in [0.717, 1.165) is 32.2 Å². The highest BCUT2D eigenvalue weighted by molar-refractivity contribution is 9.07. The van der Waals surface area contributed by atoms with Crippen molar-refractivity contribution in [3.8, 4) is 0 Å². The van der Waals surface area contributed by atoms with E-state index in [2.05, 4.69) is 52.8 Å². The van der Waals surface area contributed by atoms with Gasteiger partial charge in [0, 0.05) is 46.7 Å². The van der Waals surface area contributed by atoms with E-state index in [1.165, 1.54) is 32.9 Å². The highest BCUT2D eigenvalue weighted by Gasteiger charge is 2.43. The lowest BCUT2D eigenvalue weighted by atomic mass is 9.89. The molecule has 116 valence electrons. The summed E-state index contributed by atoms with van der Waals surface area (Å²) in [7, 11) is 0. The number of benzene rings is 1. The van der Waals surface area contributed by atoms with Crippen LogP contribution in [0.5, 0.6) is 0 Å². The number of nitrogens with zero attached hydrogens (tertiary/aromatic N) is 1. The molecule has 2 aliphatic heterocycles. The zero-order valence-corrected chi connectivity index (χ0v) is 15.0. The van der Waals surface area contributed by atoms with Gasteiger partial charge in [0.05, 0.1) is 5.70 Å². The Kier molecular flexibility index (Phi) is 3.85. The van der Waals surface area contributed by atoms with Crippen LogP contribution in [0.1, 0.15) is 42.1 Å². The summed E-state index contributed by atoms with van der Waals surface area (Å²) in [4.78, 5) is 1.17. The highest BCUT2D eigenvalue weighted by atomic mass is 79.9. The first-order valence-corrected chi connectivity index (χ1v) is 9.67. The molecule has 1 aliphatic carbocycles. The topological polar surface area (TPSA) is 38.3 Å². The number of hydrogen-bond donors (Lipinski definition) is 1. The Bertz CT molecular complexity index is 668. The van der Waals surface area contributed by atoms with E-state index in [0.29, 0.717) is 0 Å². The van der Waals surface area contributed by atoms with Crippen LogP contribution in [0.4, 0.5) is 0 Å². The fourth-order valence-corrected chi connectivity index (χ4v) is 5.75. The molecule has 0 fully saturated rings. The van der Waals surface area contributed by atoms with Gasteiger partial charge in [-0.1, -0.05) is 29.8 Å². The molecule has 2 heterocycles. The number of halogens is 1. The number of nitrogens with one attached hydrogen (secondary N) is 1. The molecular weight excluding hydrogens is 360 g/mol. The third-order valence-electron chi connectivity index (χ3n) is 4.83. The van der Waals surface area contributed by atoms with Crippen molar-refractivity contribution in [2.45, 2.75) is 37.9 Å². The van der Waals surface area contributed by atoms with Gasteiger partial charge < -0.3 is 9.98 Å².